The summed E-state index contributed by atoms with van der Waals surface area (Å²) in [5.74, 6) is 0. The summed E-state index contributed by atoms with van der Waals surface area (Å²) in [5.41, 5.74) is 0.759. The monoisotopic (exact) mass is 176 g/mol. The van der Waals surface area contributed by atoms with E-state index in [9.17, 15) is 0 Å². The maximum Gasteiger partial charge on any atom is 0.0578 e. The van der Waals surface area contributed by atoms with E-state index in [2.05, 4.69) is 26.9 Å². The number of rotatable bonds is 4. The molecule has 68 valence electrons. The molecule has 0 radical (unpaired) electrons. The zero-order chi connectivity index (χ0) is 9.07. The number of aliphatic hydroxyl groups is 2. The van der Waals surface area contributed by atoms with Crippen LogP contribution in [0.1, 0.15) is 13.8 Å². The molecular formula is C8H20O2Si. The summed E-state index contributed by atoms with van der Waals surface area (Å²) < 4.78 is 0. The number of hydrogen-bond donors (Lipinski definition) is 2. The average molecular weight is 176 g/mol. The minimum Gasteiger partial charge on any atom is -0.396 e. The van der Waals surface area contributed by atoms with Crippen molar-refractivity contribution in [2.24, 2.45) is 0 Å². The molecule has 2 nitrogen and oxygen atoms in total. The molecule has 0 saturated carbocycles. The number of hydrogen-bond acceptors (Lipinski definition) is 2. The molecule has 2 N–H and O–H groups in total. The topological polar surface area (TPSA) is 40.5 Å². The van der Waals surface area contributed by atoms with Gasteiger partial charge in [0.05, 0.1) is 8.07 Å². The third-order valence-electron chi connectivity index (χ3n) is 3.09. The normalized spacial score (nSPS) is 18.0. The Morgan fingerprint density at radius 1 is 1.00 bits per heavy atom. The van der Waals surface area contributed by atoms with Crippen LogP contribution in [0.5, 0.6) is 0 Å². The quantitative estimate of drug-likeness (QED) is 0.637. The predicted octanol–water partition coefficient (Wildman–Crippen LogP) is 1.46. The molecule has 0 unspecified atom stereocenters. The minimum absolute atomic E-state index is 0.254. The summed E-state index contributed by atoms with van der Waals surface area (Å²) >= 11 is 0. The lowest BCUT2D eigenvalue weighted by atomic mass is 10.5. The van der Waals surface area contributed by atoms with Crippen LogP contribution in [0, 0.1) is 0 Å². The van der Waals surface area contributed by atoms with Crippen molar-refractivity contribution in [1.82, 2.24) is 0 Å². The molecule has 0 aromatic carbocycles. The van der Waals surface area contributed by atoms with Gasteiger partial charge in [-0.15, -0.1) is 0 Å². The summed E-state index contributed by atoms with van der Waals surface area (Å²) in [7, 11) is -1.41. The van der Waals surface area contributed by atoms with Crippen molar-refractivity contribution in [3.63, 3.8) is 0 Å². The van der Waals surface area contributed by atoms with Crippen LogP contribution in [-0.2, 0) is 0 Å². The molecule has 0 bridgehead atoms. The van der Waals surface area contributed by atoms with Gasteiger partial charge >= 0.3 is 0 Å². The van der Waals surface area contributed by atoms with Gasteiger partial charge in [0.1, 0.15) is 0 Å². The third-order valence-corrected chi connectivity index (χ3v) is 8.53. The maximum atomic E-state index is 8.97. The SMILES string of the molecule is C[C@H](CO)[Si](C)(C)[C@H](C)CO. The summed E-state index contributed by atoms with van der Waals surface area (Å²) in [4.78, 5) is 0. The summed E-state index contributed by atoms with van der Waals surface area (Å²) in [6.07, 6.45) is 0. The van der Waals surface area contributed by atoms with Gasteiger partial charge in [-0.3, -0.25) is 0 Å². The second-order valence-electron chi connectivity index (χ2n) is 3.99. The van der Waals surface area contributed by atoms with Gasteiger partial charge < -0.3 is 10.2 Å². The highest BCUT2D eigenvalue weighted by molar-refractivity contribution is 6.80. The van der Waals surface area contributed by atoms with Crippen LogP contribution in [-0.4, -0.2) is 31.5 Å². The third kappa shape index (κ3) is 2.58. The maximum absolute atomic E-state index is 8.97. The Bertz CT molecular complexity index is 103. The lowest BCUT2D eigenvalue weighted by Crippen LogP contribution is -2.38. The van der Waals surface area contributed by atoms with Crippen molar-refractivity contribution >= 4 is 8.07 Å². The molecule has 2 atom stereocenters. The van der Waals surface area contributed by atoms with Crippen molar-refractivity contribution < 1.29 is 10.2 Å². The Labute approximate surface area is 70.3 Å². The largest absolute Gasteiger partial charge is 0.396 e. The van der Waals surface area contributed by atoms with Gasteiger partial charge in [-0.05, 0) is 11.1 Å². The first-order valence-electron chi connectivity index (χ1n) is 4.18. The minimum atomic E-state index is -1.41. The first-order valence-corrected chi connectivity index (χ1v) is 7.34. The molecule has 0 aliphatic heterocycles. The first-order chi connectivity index (χ1) is 4.96. The highest BCUT2D eigenvalue weighted by atomic mass is 28.3. The second kappa shape index (κ2) is 4.23. The molecule has 0 aromatic rings. The van der Waals surface area contributed by atoms with E-state index in [1.807, 2.05) is 0 Å². The van der Waals surface area contributed by atoms with Crippen LogP contribution in [0.15, 0.2) is 0 Å². The van der Waals surface area contributed by atoms with E-state index in [1.165, 1.54) is 0 Å². The van der Waals surface area contributed by atoms with E-state index in [0.717, 1.165) is 0 Å². The Hall–Kier alpha value is 0.137. The molecule has 0 spiro atoms. The van der Waals surface area contributed by atoms with E-state index < -0.39 is 8.07 Å². The van der Waals surface area contributed by atoms with Crippen LogP contribution in [0.2, 0.25) is 24.2 Å². The Morgan fingerprint density at radius 2 is 1.27 bits per heavy atom. The summed E-state index contributed by atoms with van der Waals surface area (Å²) in [5, 5.41) is 17.9. The molecule has 0 aliphatic rings. The fraction of sp³-hybridized carbons (Fsp3) is 1.00. The van der Waals surface area contributed by atoms with E-state index in [1.54, 1.807) is 0 Å². The van der Waals surface area contributed by atoms with E-state index >= 15 is 0 Å². The van der Waals surface area contributed by atoms with Crippen LogP contribution in [0.25, 0.3) is 0 Å². The lowest BCUT2D eigenvalue weighted by molar-refractivity contribution is 0.277. The molecule has 0 aliphatic carbocycles. The van der Waals surface area contributed by atoms with Crippen molar-refractivity contribution in [2.75, 3.05) is 13.2 Å². The predicted molar refractivity (Wildman–Crippen MR) is 50.5 cm³/mol. The van der Waals surface area contributed by atoms with Crippen LogP contribution < -0.4 is 0 Å². The Balaban J connectivity index is 4.18. The fourth-order valence-electron chi connectivity index (χ4n) is 0.956. The van der Waals surface area contributed by atoms with Crippen molar-refractivity contribution in [2.45, 2.75) is 38.0 Å². The van der Waals surface area contributed by atoms with Crippen LogP contribution >= 0.6 is 0 Å². The van der Waals surface area contributed by atoms with Gasteiger partial charge in [0.2, 0.25) is 0 Å². The van der Waals surface area contributed by atoms with Gasteiger partial charge in [0, 0.05) is 13.2 Å². The molecule has 3 heteroatoms. The molecule has 0 aromatic heterocycles. The molecule has 0 saturated heterocycles. The van der Waals surface area contributed by atoms with Gasteiger partial charge in [0.15, 0.2) is 0 Å². The number of aliphatic hydroxyl groups excluding tert-OH is 2. The standard InChI is InChI=1S/C8H20O2Si/c1-7(5-9)11(3,4)8(2)6-10/h7-10H,5-6H2,1-4H3/t7-,8-/m1/s1. The molecule has 0 amide bonds. The van der Waals surface area contributed by atoms with Gasteiger partial charge in [0.25, 0.3) is 0 Å². The van der Waals surface area contributed by atoms with E-state index in [0.29, 0.717) is 11.1 Å². The lowest BCUT2D eigenvalue weighted by Gasteiger charge is -2.33. The van der Waals surface area contributed by atoms with E-state index in [-0.39, 0.29) is 13.2 Å². The molecular weight excluding hydrogens is 156 g/mol. The Kier molecular flexibility index (Phi) is 4.29. The summed E-state index contributed by atoms with van der Waals surface area (Å²) in [6.45, 7) is 9.08. The van der Waals surface area contributed by atoms with Gasteiger partial charge in [-0.2, -0.15) is 0 Å². The van der Waals surface area contributed by atoms with Crippen molar-refractivity contribution in [3.8, 4) is 0 Å². The van der Waals surface area contributed by atoms with Crippen molar-refractivity contribution in [1.29, 1.82) is 0 Å². The highest BCUT2D eigenvalue weighted by Gasteiger charge is 2.33. The van der Waals surface area contributed by atoms with Gasteiger partial charge in [-0.1, -0.05) is 26.9 Å². The van der Waals surface area contributed by atoms with E-state index in [4.69, 9.17) is 10.2 Å². The Morgan fingerprint density at radius 3 is 1.45 bits per heavy atom. The molecule has 0 rings (SSSR count). The smallest absolute Gasteiger partial charge is 0.0578 e. The molecule has 11 heavy (non-hydrogen) atoms. The summed E-state index contributed by atoms with van der Waals surface area (Å²) in [6, 6.07) is 0. The first kappa shape index (κ1) is 11.1. The molecule has 0 fully saturated rings. The fourth-order valence-corrected chi connectivity index (χ4v) is 2.87. The second-order valence-corrected chi connectivity index (χ2v) is 9.60. The highest BCUT2D eigenvalue weighted by Crippen LogP contribution is 2.31. The molecule has 0 heterocycles. The van der Waals surface area contributed by atoms with Crippen molar-refractivity contribution in [3.05, 3.63) is 0 Å². The van der Waals surface area contributed by atoms with Crippen LogP contribution in [0.3, 0.4) is 0 Å². The van der Waals surface area contributed by atoms with Crippen LogP contribution in [0.4, 0.5) is 0 Å². The zero-order valence-electron chi connectivity index (χ0n) is 7.96. The zero-order valence-corrected chi connectivity index (χ0v) is 8.96. The van der Waals surface area contributed by atoms with Gasteiger partial charge in [-0.25, -0.2) is 0 Å². The average Bonchev–Trinajstić information content (AvgIpc) is 2.01.